The molecule has 1 N–H and O–H groups in total. The van der Waals surface area contributed by atoms with Gasteiger partial charge in [-0.25, -0.2) is 0 Å². The van der Waals surface area contributed by atoms with Gasteiger partial charge in [-0.2, -0.15) is 5.26 Å². The molecular weight excluding hydrogens is 226 g/mol. The summed E-state index contributed by atoms with van der Waals surface area (Å²) < 4.78 is 0. The molecule has 3 unspecified atom stereocenters. The molecule has 0 aromatic carbocycles. The van der Waals surface area contributed by atoms with Crippen LogP contribution < -0.4 is 5.32 Å². The van der Waals surface area contributed by atoms with Crippen LogP contribution in [0.1, 0.15) is 46.5 Å². The zero-order valence-corrected chi connectivity index (χ0v) is 11.4. The Kier molecular flexibility index (Phi) is 2.24. The lowest BCUT2D eigenvalue weighted by Gasteiger charge is -2.45. The van der Waals surface area contributed by atoms with E-state index in [-0.39, 0.29) is 28.9 Å². The van der Waals surface area contributed by atoms with Crippen LogP contribution in [0.25, 0.3) is 0 Å². The second-order valence-electron chi connectivity index (χ2n) is 7.09. The Morgan fingerprint density at radius 3 is 2.50 bits per heavy atom. The molecule has 0 radical (unpaired) electrons. The first-order chi connectivity index (χ1) is 8.40. The molecular formula is C14H21N3O. The largest absolute Gasteiger partial charge is 0.350 e. The maximum Gasteiger partial charge on any atom is 0.225 e. The number of rotatable bonds is 1. The van der Waals surface area contributed by atoms with Gasteiger partial charge in [0.15, 0.2) is 6.19 Å². The molecule has 4 rings (SSSR count). The minimum Gasteiger partial charge on any atom is -0.350 e. The highest BCUT2D eigenvalue weighted by atomic mass is 16.2. The Morgan fingerprint density at radius 1 is 1.44 bits per heavy atom. The first-order valence-electron chi connectivity index (χ1n) is 6.90. The van der Waals surface area contributed by atoms with E-state index in [1.54, 1.807) is 0 Å². The summed E-state index contributed by atoms with van der Waals surface area (Å²) in [5, 5.41) is 12.5. The van der Waals surface area contributed by atoms with Gasteiger partial charge in [-0.3, -0.25) is 9.69 Å². The number of nitrogens with one attached hydrogen (secondary N) is 1. The monoisotopic (exact) mass is 247 g/mol. The van der Waals surface area contributed by atoms with Crippen molar-refractivity contribution in [2.24, 2.45) is 11.3 Å². The highest BCUT2D eigenvalue weighted by Crippen LogP contribution is 2.60. The Labute approximate surface area is 108 Å². The summed E-state index contributed by atoms with van der Waals surface area (Å²) in [6.45, 7) is 5.80. The van der Waals surface area contributed by atoms with Crippen LogP contribution in [0.3, 0.4) is 0 Å². The lowest BCUT2D eigenvalue weighted by Crippen LogP contribution is -2.57. The molecule has 2 heterocycles. The van der Waals surface area contributed by atoms with Crippen molar-refractivity contribution >= 4 is 5.91 Å². The number of nitrogens with zero attached hydrogens (tertiary/aromatic N) is 2. The summed E-state index contributed by atoms with van der Waals surface area (Å²) in [6.07, 6.45) is 6.94. The molecule has 98 valence electrons. The average Bonchev–Trinajstić information content (AvgIpc) is 2.70. The average molecular weight is 247 g/mol. The molecule has 2 saturated heterocycles. The highest BCUT2D eigenvalue weighted by Gasteiger charge is 2.69. The zero-order chi connectivity index (χ0) is 13.1. The number of hydrogen-bond donors (Lipinski definition) is 1. The van der Waals surface area contributed by atoms with Gasteiger partial charge in [0.25, 0.3) is 0 Å². The van der Waals surface area contributed by atoms with Crippen molar-refractivity contribution in [3.8, 4) is 6.19 Å². The molecule has 4 heteroatoms. The van der Waals surface area contributed by atoms with Gasteiger partial charge in [0.05, 0.1) is 17.6 Å². The maximum absolute atomic E-state index is 12.1. The second-order valence-corrected chi connectivity index (χ2v) is 7.09. The summed E-state index contributed by atoms with van der Waals surface area (Å²) in [7, 11) is 0. The number of amides is 1. The molecule has 3 atom stereocenters. The van der Waals surface area contributed by atoms with E-state index in [0.29, 0.717) is 5.92 Å². The Hall–Kier alpha value is -1.24. The number of nitriles is 1. The van der Waals surface area contributed by atoms with E-state index in [9.17, 15) is 10.1 Å². The molecule has 2 bridgehead atoms. The fourth-order valence-electron chi connectivity index (χ4n) is 3.84. The molecule has 2 aliphatic carbocycles. The van der Waals surface area contributed by atoms with Crippen LogP contribution in [0.5, 0.6) is 0 Å². The van der Waals surface area contributed by atoms with Gasteiger partial charge < -0.3 is 5.32 Å². The number of hydrogen-bond acceptors (Lipinski definition) is 3. The van der Waals surface area contributed by atoms with Gasteiger partial charge in [0, 0.05) is 11.3 Å². The molecule has 4 fully saturated rings. The van der Waals surface area contributed by atoms with Crippen molar-refractivity contribution in [3.05, 3.63) is 0 Å². The predicted octanol–water partition coefficient (Wildman–Crippen LogP) is 1.63. The molecule has 18 heavy (non-hydrogen) atoms. The van der Waals surface area contributed by atoms with Crippen LogP contribution in [-0.2, 0) is 4.79 Å². The van der Waals surface area contributed by atoms with E-state index in [2.05, 4.69) is 11.5 Å². The van der Waals surface area contributed by atoms with E-state index in [4.69, 9.17) is 0 Å². The van der Waals surface area contributed by atoms with Gasteiger partial charge >= 0.3 is 0 Å². The van der Waals surface area contributed by atoms with Crippen molar-refractivity contribution < 1.29 is 4.79 Å². The topological polar surface area (TPSA) is 56.1 Å². The first-order valence-corrected chi connectivity index (χ1v) is 6.90. The summed E-state index contributed by atoms with van der Waals surface area (Å²) in [4.78, 5) is 14.1. The van der Waals surface area contributed by atoms with Crippen LogP contribution in [0.4, 0.5) is 0 Å². The summed E-state index contributed by atoms with van der Waals surface area (Å²) in [5.41, 5.74) is -0.242. The maximum atomic E-state index is 12.1. The van der Waals surface area contributed by atoms with Crippen molar-refractivity contribution in [2.75, 3.05) is 0 Å². The fraction of sp³-hybridized carbons (Fsp3) is 0.857. The van der Waals surface area contributed by atoms with Gasteiger partial charge in [-0.05, 0) is 25.7 Å². The number of carbonyl (C=O) groups excluding carboxylic acids is 1. The van der Waals surface area contributed by atoms with Crippen LogP contribution in [-0.4, -0.2) is 28.4 Å². The predicted molar refractivity (Wildman–Crippen MR) is 67.3 cm³/mol. The normalized spacial score (nSPS) is 35.7. The van der Waals surface area contributed by atoms with Gasteiger partial charge in [0.2, 0.25) is 5.91 Å². The van der Waals surface area contributed by atoms with E-state index >= 15 is 0 Å². The quantitative estimate of drug-likeness (QED) is 0.716. The lowest BCUT2D eigenvalue weighted by molar-refractivity contribution is -0.130. The Bertz CT molecular complexity index is 427. The fourth-order valence-corrected chi connectivity index (χ4v) is 3.84. The van der Waals surface area contributed by atoms with Crippen molar-refractivity contribution in [3.63, 3.8) is 0 Å². The zero-order valence-electron chi connectivity index (χ0n) is 11.4. The van der Waals surface area contributed by atoms with E-state index < -0.39 is 0 Å². The van der Waals surface area contributed by atoms with E-state index in [1.807, 2.05) is 25.7 Å². The third-order valence-electron chi connectivity index (χ3n) is 5.15. The second kappa shape index (κ2) is 3.40. The molecule has 4 nitrogen and oxygen atoms in total. The van der Waals surface area contributed by atoms with E-state index in [1.165, 1.54) is 6.42 Å². The van der Waals surface area contributed by atoms with Gasteiger partial charge in [-0.1, -0.05) is 20.8 Å². The van der Waals surface area contributed by atoms with Crippen molar-refractivity contribution in [2.45, 2.75) is 64.1 Å². The smallest absolute Gasteiger partial charge is 0.225 e. The Balaban J connectivity index is 1.75. The lowest BCUT2D eigenvalue weighted by atomic mass is 9.63. The highest BCUT2D eigenvalue weighted by molar-refractivity contribution is 5.82. The summed E-state index contributed by atoms with van der Waals surface area (Å²) in [6, 6.07) is 0.461. The summed E-state index contributed by atoms with van der Waals surface area (Å²) in [5.74, 6) is 0.610. The van der Waals surface area contributed by atoms with Crippen LogP contribution >= 0.6 is 0 Å². The molecule has 1 spiro atoms. The third-order valence-corrected chi connectivity index (χ3v) is 5.15. The standard InChI is InChI=1S/C14H21N3O/c1-13(2,3)12(18)16-11-9-7-10(11)17(8-15)14(9)5-4-6-14/h9-11H,4-7H2,1-3H3,(H,16,18). The number of carbonyl (C=O) groups is 1. The Morgan fingerprint density at radius 2 is 2.11 bits per heavy atom. The van der Waals surface area contributed by atoms with Gasteiger partial charge in [-0.15, -0.1) is 0 Å². The minimum absolute atomic E-state index is 0.106. The van der Waals surface area contributed by atoms with Crippen molar-refractivity contribution in [1.29, 1.82) is 5.26 Å². The molecule has 0 aromatic rings. The van der Waals surface area contributed by atoms with Crippen LogP contribution in [0, 0.1) is 22.8 Å². The molecule has 1 amide bonds. The first kappa shape index (κ1) is 11.8. The van der Waals surface area contributed by atoms with Crippen LogP contribution in [0.2, 0.25) is 0 Å². The van der Waals surface area contributed by atoms with Crippen molar-refractivity contribution in [1.82, 2.24) is 10.2 Å². The van der Waals surface area contributed by atoms with E-state index in [0.717, 1.165) is 19.3 Å². The molecule has 0 aromatic heterocycles. The summed E-state index contributed by atoms with van der Waals surface area (Å²) >= 11 is 0. The minimum atomic E-state index is -0.348. The third kappa shape index (κ3) is 1.28. The SMILES string of the molecule is CC(C)(C)C(=O)NC1C2CC1C1(CCC1)N2C#N. The van der Waals surface area contributed by atoms with Crippen LogP contribution in [0.15, 0.2) is 0 Å². The molecule has 4 aliphatic rings. The molecule has 2 aliphatic heterocycles. The molecule has 2 saturated carbocycles. The van der Waals surface area contributed by atoms with Gasteiger partial charge in [0.1, 0.15) is 0 Å².